The highest BCUT2D eigenvalue weighted by Crippen LogP contribution is 2.41. The van der Waals surface area contributed by atoms with Gasteiger partial charge in [-0.05, 0) is 52.4 Å². The second-order valence-corrected chi connectivity index (χ2v) is 8.06. The van der Waals surface area contributed by atoms with Gasteiger partial charge in [-0.3, -0.25) is 0 Å². The van der Waals surface area contributed by atoms with Crippen LogP contribution in [0, 0.1) is 0 Å². The van der Waals surface area contributed by atoms with E-state index in [1.54, 1.807) is 9.58 Å². The van der Waals surface area contributed by atoms with Gasteiger partial charge in [0.2, 0.25) is 0 Å². The van der Waals surface area contributed by atoms with Crippen molar-refractivity contribution >= 4 is 17.9 Å². The molecule has 2 N–H and O–H groups in total. The molecular weight excluding hydrogens is 336 g/mol. The van der Waals surface area contributed by atoms with Crippen LogP contribution >= 0.6 is 0 Å². The van der Waals surface area contributed by atoms with Crippen molar-refractivity contribution in [1.82, 2.24) is 14.7 Å². The molecule has 0 spiro atoms. The number of nitrogen functional groups attached to an aromatic ring is 1. The standard InChI is InChI=1S/C18H28N4O4/c1-18(2,3)26-17(24)21-9-7-11(8-10-21)13-14(16(23)25-4)20-22(15(13)19)12-5-6-12/h11-12H,5-10,19H2,1-4H3. The quantitative estimate of drug-likeness (QED) is 0.828. The van der Waals surface area contributed by atoms with Gasteiger partial charge in [-0.2, -0.15) is 5.10 Å². The van der Waals surface area contributed by atoms with Crippen molar-refractivity contribution in [3.8, 4) is 0 Å². The molecule has 2 fully saturated rings. The molecule has 8 heteroatoms. The molecule has 0 atom stereocenters. The summed E-state index contributed by atoms with van der Waals surface area (Å²) in [5.41, 5.74) is 6.91. The fraction of sp³-hybridized carbons (Fsp3) is 0.722. The Kier molecular flexibility index (Phi) is 4.86. The highest BCUT2D eigenvalue weighted by molar-refractivity contribution is 5.90. The number of amides is 1. The van der Waals surface area contributed by atoms with Crippen molar-refractivity contribution in [2.45, 2.75) is 64.0 Å². The lowest BCUT2D eigenvalue weighted by molar-refractivity contribution is 0.0204. The van der Waals surface area contributed by atoms with E-state index < -0.39 is 11.6 Å². The number of esters is 1. The molecule has 1 aliphatic carbocycles. The van der Waals surface area contributed by atoms with Crippen LogP contribution in [0.5, 0.6) is 0 Å². The first-order valence-electron chi connectivity index (χ1n) is 9.15. The van der Waals surface area contributed by atoms with Crippen molar-refractivity contribution in [3.63, 3.8) is 0 Å². The number of aromatic nitrogens is 2. The van der Waals surface area contributed by atoms with Gasteiger partial charge in [0.1, 0.15) is 11.4 Å². The normalized spacial score (nSPS) is 18.7. The lowest BCUT2D eigenvalue weighted by Crippen LogP contribution is -2.41. The molecule has 0 radical (unpaired) electrons. The summed E-state index contributed by atoms with van der Waals surface area (Å²) in [6.07, 6.45) is 3.19. The van der Waals surface area contributed by atoms with Crippen LogP contribution in [-0.4, -0.2) is 52.5 Å². The molecule has 1 aromatic heterocycles. The molecule has 8 nitrogen and oxygen atoms in total. The molecule has 144 valence electrons. The van der Waals surface area contributed by atoms with Gasteiger partial charge >= 0.3 is 12.1 Å². The first kappa shape index (κ1) is 18.5. The summed E-state index contributed by atoms with van der Waals surface area (Å²) in [6, 6.07) is 0.286. The molecule has 1 saturated carbocycles. The van der Waals surface area contributed by atoms with E-state index in [1.807, 2.05) is 20.8 Å². The maximum Gasteiger partial charge on any atom is 0.410 e. The zero-order chi connectivity index (χ0) is 19.1. The van der Waals surface area contributed by atoms with Crippen molar-refractivity contribution in [1.29, 1.82) is 0 Å². The minimum Gasteiger partial charge on any atom is -0.464 e. The van der Waals surface area contributed by atoms with Gasteiger partial charge in [-0.15, -0.1) is 0 Å². The highest BCUT2D eigenvalue weighted by Gasteiger charge is 2.36. The number of nitrogens with two attached hydrogens (primary N) is 1. The molecule has 0 unspecified atom stereocenters. The number of anilines is 1. The van der Waals surface area contributed by atoms with Crippen LogP contribution in [0.1, 0.15) is 74.5 Å². The Morgan fingerprint density at radius 2 is 1.77 bits per heavy atom. The topological polar surface area (TPSA) is 99.7 Å². The highest BCUT2D eigenvalue weighted by atomic mass is 16.6. The number of nitrogens with zero attached hydrogens (tertiary/aromatic N) is 3. The van der Waals surface area contributed by atoms with Crippen LogP contribution in [0.15, 0.2) is 0 Å². The van der Waals surface area contributed by atoms with Crippen LogP contribution in [0.4, 0.5) is 10.6 Å². The number of hydrogen-bond donors (Lipinski definition) is 1. The Morgan fingerprint density at radius 3 is 2.27 bits per heavy atom. The van der Waals surface area contributed by atoms with E-state index in [0.29, 0.717) is 37.4 Å². The van der Waals surface area contributed by atoms with Crippen LogP contribution in [0.2, 0.25) is 0 Å². The number of likely N-dealkylation sites (tertiary alicyclic amines) is 1. The first-order valence-corrected chi connectivity index (χ1v) is 9.15. The van der Waals surface area contributed by atoms with Crippen LogP contribution < -0.4 is 5.73 Å². The van der Waals surface area contributed by atoms with E-state index in [4.69, 9.17) is 15.2 Å². The summed E-state index contributed by atoms with van der Waals surface area (Å²) >= 11 is 0. The summed E-state index contributed by atoms with van der Waals surface area (Å²) in [7, 11) is 1.35. The first-order chi connectivity index (χ1) is 12.2. The van der Waals surface area contributed by atoms with E-state index in [-0.39, 0.29) is 18.1 Å². The summed E-state index contributed by atoms with van der Waals surface area (Å²) in [5.74, 6) is 0.180. The third kappa shape index (κ3) is 3.78. The fourth-order valence-corrected chi connectivity index (χ4v) is 3.38. The molecule has 2 aliphatic rings. The summed E-state index contributed by atoms with van der Waals surface area (Å²) in [6.45, 7) is 6.69. The molecule has 2 heterocycles. The molecule has 1 saturated heterocycles. The number of methoxy groups -OCH3 is 1. The zero-order valence-corrected chi connectivity index (χ0v) is 15.9. The number of rotatable bonds is 3. The molecule has 0 bridgehead atoms. The second-order valence-electron chi connectivity index (χ2n) is 8.06. The lowest BCUT2D eigenvalue weighted by Gasteiger charge is -2.33. The Hall–Kier alpha value is -2.25. The maximum atomic E-state index is 12.2. The molecular formula is C18H28N4O4. The van der Waals surface area contributed by atoms with Gasteiger partial charge in [0.25, 0.3) is 0 Å². The van der Waals surface area contributed by atoms with E-state index in [2.05, 4.69) is 5.10 Å². The minimum atomic E-state index is -0.512. The molecule has 26 heavy (non-hydrogen) atoms. The minimum absolute atomic E-state index is 0.0790. The summed E-state index contributed by atoms with van der Waals surface area (Å²) in [5, 5.41) is 4.43. The molecule has 1 aromatic rings. The Morgan fingerprint density at radius 1 is 1.15 bits per heavy atom. The largest absolute Gasteiger partial charge is 0.464 e. The second kappa shape index (κ2) is 6.81. The van der Waals surface area contributed by atoms with E-state index in [1.165, 1.54) is 7.11 Å². The SMILES string of the molecule is COC(=O)c1nn(C2CC2)c(N)c1C1CCN(C(=O)OC(C)(C)C)CC1. The van der Waals surface area contributed by atoms with Crippen LogP contribution in [-0.2, 0) is 9.47 Å². The Balaban J connectivity index is 1.75. The van der Waals surface area contributed by atoms with Crippen LogP contribution in [0.25, 0.3) is 0 Å². The molecule has 0 aromatic carbocycles. The van der Waals surface area contributed by atoms with Crippen molar-refractivity contribution in [3.05, 3.63) is 11.3 Å². The van der Waals surface area contributed by atoms with E-state index in [9.17, 15) is 9.59 Å². The van der Waals surface area contributed by atoms with Gasteiger partial charge in [0, 0.05) is 18.7 Å². The van der Waals surface area contributed by atoms with Crippen molar-refractivity contribution in [2.24, 2.45) is 0 Å². The predicted molar refractivity (Wildman–Crippen MR) is 96.0 cm³/mol. The van der Waals surface area contributed by atoms with Crippen LogP contribution in [0.3, 0.4) is 0 Å². The lowest BCUT2D eigenvalue weighted by atomic mass is 9.89. The molecule has 1 aliphatic heterocycles. The number of carbonyl (C=O) groups is 2. The number of piperidine rings is 1. The number of carbonyl (C=O) groups excluding carboxylic acids is 2. The van der Waals surface area contributed by atoms with Gasteiger partial charge in [0.15, 0.2) is 5.69 Å². The molecule has 3 rings (SSSR count). The van der Waals surface area contributed by atoms with Gasteiger partial charge in [0.05, 0.1) is 13.2 Å². The van der Waals surface area contributed by atoms with Crippen molar-refractivity contribution in [2.75, 3.05) is 25.9 Å². The molecule has 1 amide bonds. The third-order valence-corrected chi connectivity index (χ3v) is 4.81. The van der Waals surface area contributed by atoms with E-state index in [0.717, 1.165) is 18.4 Å². The predicted octanol–water partition coefficient (Wildman–Crippen LogP) is 2.70. The zero-order valence-electron chi connectivity index (χ0n) is 15.9. The van der Waals surface area contributed by atoms with Gasteiger partial charge in [-0.1, -0.05) is 0 Å². The monoisotopic (exact) mass is 364 g/mol. The smallest absolute Gasteiger partial charge is 0.410 e. The number of hydrogen-bond acceptors (Lipinski definition) is 6. The summed E-state index contributed by atoms with van der Waals surface area (Å²) in [4.78, 5) is 26.1. The van der Waals surface area contributed by atoms with Gasteiger partial charge in [-0.25, -0.2) is 14.3 Å². The number of ether oxygens (including phenoxy) is 2. The average molecular weight is 364 g/mol. The average Bonchev–Trinajstić information content (AvgIpc) is 3.36. The maximum absolute atomic E-state index is 12.2. The summed E-state index contributed by atoms with van der Waals surface area (Å²) < 4.78 is 12.1. The van der Waals surface area contributed by atoms with Crippen molar-refractivity contribution < 1.29 is 19.1 Å². The Labute approximate surface area is 153 Å². The fourth-order valence-electron chi connectivity index (χ4n) is 3.38. The Bertz CT molecular complexity index is 695. The van der Waals surface area contributed by atoms with Gasteiger partial charge < -0.3 is 20.1 Å². The third-order valence-electron chi connectivity index (χ3n) is 4.81. The van der Waals surface area contributed by atoms with E-state index >= 15 is 0 Å².